The van der Waals surface area contributed by atoms with Gasteiger partial charge in [0.2, 0.25) is 0 Å². The molecule has 3 nitrogen and oxygen atoms in total. The fraction of sp³-hybridized carbons (Fsp3) is 0.750. The number of hydrogen-bond donors (Lipinski definition) is 0. The smallest absolute Gasteiger partial charge is 0.332 e. The topological polar surface area (TPSA) is 43.4 Å². The Hall–Kier alpha value is -1.10. The molecule has 0 aliphatic rings. The Morgan fingerprint density at radius 2 is 1.03 bits per heavy atom. The third-order valence-electron chi connectivity index (χ3n) is 5.37. The monoisotopic (exact) mass is 428 g/mol. The van der Waals surface area contributed by atoms with Gasteiger partial charge in [-0.05, 0) is 30.7 Å². The Kier molecular flexibility index (Phi) is 14.9. The van der Waals surface area contributed by atoms with Crippen LogP contribution in [-0.2, 0) is 10.2 Å². The molecule has 5 heteroatoms. The van der Waals surface area contributed by atoms with Crippen molar-refractivity contribution in [3.63, 3.8) is 0 Å². The standard InChI is InChI=1S/C24H41FO3S/c1-2-3-4-5-6-7-8-9-10-11-12-13-14-15-16-17-22-28-23-18-20-24(21-19-23)29(25,26)27/h18-21H,2-17,22H2,1H3. The molecule has 0 atom stereocenters. The second-order valence-electron chi connectivity index (χ2n) is 8.06. The minimum Gasteiger partial charge on any atom is -0.494 e. The highest BCUT2D eigenvalue weighted by atomic mass is 32.3. The van der Waals surface area contributed by atoms with Gasteiger partial charge in [-0.1, -0.05) is 103 Å². The average molecular weight is 429 g/mol. The predicted octanol–water partition coefficient (Wildman–Crippen LogP) is 7.99. The van der Waals surface area contributed by atoms with Gasteiger partial charge in [0.25, 0.3) is 0 Å². The molecular formula is C24H41FO3S. The van der Waals surface area contributed by atoms with Crippen LogP contribution in [0.1, 0.15) is 110 Å². The lowest BCUT2D eigenvalue weighted by Gasteiger charge is -2.06. The molecule has 168 valence electrons. The van der Waals surface area contributed by atoms with Crippen LogP contribution < -0.4 is 4.74 Å². The summed E-state index contributed by atoms with van der Waals surface area (Å²) in [6.07, 6.45) is 21.4. The third kappa shape index (κ3) is 14.5. The second-order valence-corrected chi connectivity index (χ2v) is 9.41. The summed E-state index contributed by atoms with van der Waals surface area (Å²) in [6.45, 7) is 2.88. The summed E-state index contributed by atoms with van der Waals surface area (Å²) in [5.74, 6) is 0.582. The predicted molar refractivity (Wildman–Crippen MR) is 120 cm³/mol. The first-order valence-electron chi connectivity index (χ1n) is 11.7. The normalized spacial score (nSPS) is 11.7. The number of hydrogen-bond acceptors (Lipinski definition) is 3. The molecule has 1 aromatic rings. The zero-order chi connectivity index (χ0) is 21.2. The van der Waals surface area contributed by atoms with Crippen molar-refractivity contribution >= 4 is 10.2 Å². The van der Waals surface area contributed by atoms with E-state index in [-0.39, 0.29) is 4.90 Å². The summed E-state index contributed by atoms with van der Waals surface area (Å²) in [7, 11) is -4.63. The van der Waals surface area contributed by atoms with Crippen molar-refractivity contribution in [1.29, 1.82) is 0 Å². The Balaban J connectivity index is 1.83. The molecule has 0 fully saturated rings. The molecule has 29 heavy (non-hydrogen) atoms. The van der Waals surface area contributed by atoms with Crippen molar-refractivity contribution in [3.8, 4) is 5.75 Å². The fourth-order valence-corrected chi connectivity index (χ4v) is 4.00. The molecule has 0 spiro atoms. The highest BCUT2D eigenvalue weighted by Gasteiger charge is 2.10. The number of benzene rings is 1. The first-order valence-corrected chi connectivity index (χ1v) is 13.1. The molecule has 0 aromatic heterocycles. The Morgan fingerprint density at radius 3 is 1.41 bits per heavy atom. The maximum absolute atomic E-state index is 12.8. The van der Waals surface area contributed by atoms with Crippen LogP contribution in [0, 0.1) is 0 Å². The maximum Gasteiger partial charge on any atom is 0.332 e. The van der Waals surface area contributed by atoms with Crippen molar-refractivity contribution in [2.75, 3.05) is 6.61 Å². The van der Waals surface area contributed by atoms with Gasteiger partial charge >= 0.3 is 10.2 Å². The summed E-state index contributed by atoms with van der Waals surface area (Å²) >= 11 is 0. The molecule has 0 aliphatic carbocycles. The SMILES string of the molecule is CCCCCCCCCCCCCCCCCCOc1ccc(S(=O)(=O)F)cc1. The maximum atomic E-state index is 12.8. The van der Waals surface area contributed by atoms with Crippen LogP contribution in [0.5, 0.6) is 5.75 Å². The number of unbranched alkanes of at least 4 members (excludes halogenated alkanes) is 15. The molecule has 1 aromatic carbocycles. The van der Waals surface area contributed by atoms with Gasteiger partial charge in [-0.25, -0.2) is 0 Å². The third-order valence-corrected chi connectivity index (χ3v) is 6.21. The molecule has 0 unspecified atom stereocenters. The van der Waals surface area contributed by atoms with Gasteiger partial charge in [-0.15, -0.1) is 3.89 Å². The Morgan fingerprint density at radius 1 is 0.655 bits per heavy atom. The minimum absolute atomic E-state index is 0.327. The van der Waals surface area contributed by atoms with E-state index in [0.717, 1.165) is 12.8 Å². The molecule has 1 rings (SSSR count). The number of rotatable bonds is 19. The van der Waals surface area contributed by atoms with Crippen LogP contribution in [-0.4, -0.2) is 15.0 Å². The van der Waals surface area contributed by atoms with Gasteiger partial charge < -0.3 is 4.74 Å². The minimum atomic E-state index is -4.63. The molecule has 0 aliphatic heterocycles. The zero-order valence-corrected chi connectivity index (χ0v) is 19.2. The van der Waals surface area contributed by atoms with Crippen molar-refractivity contribution in [2.45, 2.75) is 115 Å². The van der Waals surface area contributed by atoms with Crippen LogP contribution in [0.3, 0.4) is 0 Å². The number of halogens is 1. The van der Waals surface area contributed by atoms with E-state index in [0.29, 0.717) is 12.4 Å². The summed E-state index contributed by atoms with van der Waals surface area (Å²) in [5.41, 5.74) is 0. The zero-order valence-electron chi connectivity index (χ0n) is 18.3. The van der Waals surface area contributed by atoms with Gasteiger partial charge in [0.05, 0.1) is 11.5 Å². The Bertz CT molecular complexity index is 599. The van der Waals surface area contributed by atoms with Crippen LogP contribution in [0.2, 0.25) is 0 Å². The summed E-state index contributed by atoms with van der Waals surface area (Å²) in [4.78, 5) is -0.327. The molecule has 0 radical (unpaired) electrons. The molecule has 0 bridgehead atoms. The molecule has 0 saturated carbocycles. The molecule has 0 N–H and O–H groups in total. The van der Waals surface area contributed by atoms with Crippen molar-refractivity contribution in [2.24, 2.45) is 0 Å². The Labute approximate surface area is 178 Å². The van der Waals surface area contributed by atoms with Gasteiger partial charge in [-0.2, -0.15) is 8.42 Å². The van der Waals surface area contributed by atoms with E-state index in [1.165, 1.54) is 114 Å². The first kappa shape index (κ1) is 25.9. The van der Waals surface area contributed by atoms with Gasteiger partial charge in [0.1, 0.15) is 5.75 Å². The van der Waals surface area contributed by atoms with E-state index in [1.807, 2.05) is 0 Å². The van der Waals surface area contributed by atoms with Gasteiger partial charge in [0.15, 0.2) is 0 Å². The van der Waals surface area contributed by atoms with E-state index in [4.69, 9.17) is 4.74 Å². The summed E-state index contributed by atoms with van der Waals surface area (Å²) < 4.78 is 39.9. The first-order chi connectivity index (χ1) is 14.0. The molecule has 0 saturated heterocycles. The lowest BCUT2D eigenvalue weighted by Crippen LogP contribution is -1.98. The molecule has 0 amide bonds. The molecule has 0 heterocycles. The van der Waals surface area contributed by atoms with Crippen molar-refractivity contribution in [1.82, 2.24) is 0 Å². The lowest BCUT2D eigenvalue weighted by atomic mass is 10.0. The lowest BCUT2D eigenvalue weighted by molar-refractivity contribution is 0.304. The van der Waals surface area contributed by atoms with Crippen LogP contribution in [0.4, 0.5) is 3.89 Å². The van der Waals surface area contributed by atoms with Gasteiger partial charge in [-0.3, -0.25) is 0 Å². The second kappa shape index (κ2) is 16.7. The molecular weight excluding hydrogens is 387 g/mol. The fourth-order valence-electron chi connectivity index (χ4n) is 3.54. The quantitative estimate of drug-likeness (QED) is 0.166. The average Bonchev–Trinajstić information content (AvgIpc) is 2.70. The van der Waals surface area contributed by atoms with E-state index in [1.54, 1.807) is 0 Å². The van der Waals surface area contributed by atoms with Crippen LogP contribution in [0.15, 0.2) is 29.2 Å². The van der Waals surface area contributed by atoms with Gasteiger partial charge in [0, 0.05) is 0 Å². The van der Waals surface area contributed by atoms with E-state index in [2.05, 4.69) is 6.92 Å². The highest BCUT2D eigenvalue weighted by Crippen LogP contribution is 2.18. The summed E-state index contributed by atoms with van der Waals surface area (Å²) in [5, 5.41) is 0. The van der Waals surface area contributed by atoms with E-state index in [9.17, 15) is 12.3 Å². The number of ether oxygens (including phenoxy) is 1. The van der Waals surface area contributed by atoms with Crippen LogP contribution in [0.25, 0.3) is 0 Å². The van der Waals surface area contributed by atoms with Crippen LogP contribution >= 0.6 is 0 Å². The summed E-state index contributed by atoms with van der Waals surface area (Å²) in [6, 6.07) is 5.47. The highest BCUT2D eigenvalue weighted by molar-refractivity contribution is 7.86. The van der Waals surface area contributed by atoms with Crippen molar-refractivity contribution < 1.29 is 17.0 Å². The van der Waals surface area contributed by atoms with E-state index >= 15 is 0 Å². The van der Waals surface area contributed by atoms with E-state index < -0.39 is 10.2 Å². The largest absolute Gasteiger partial charge is 0.494 e. The van der Waals surface area contributed by atoms with Crippen molar-refractivity contribution in [3.05, 3.63) is 24.3 Å².